The van der Waals surface area contributed by atoms with E-state index in [1.54, 1.807) is 0 Å². The maximum absolute atomic E-state index is 12.5. The summed E-state index contributed by atoms with van der Waals surface area (Å²) in [6, 6.07) is 2.25. The molecule has 0 radical (unpaired) electrons. The van der Waals surface area contributed by atoms with Crippen LogP contribution in [0.25, 0.3) is 0 Å². The lowest BCUT2D eigenvalue weighted by Crippen LogP contribution is -2.39. The average molecular weight is 304 g/mol. The first-order chi connectivity index (χ1) is 10.7. The minimum Gasteiger partial charge on any atom is -0.381 e. The zero-order chi connectivity index (χ0) is 15.4. The Bertz CT molecular complexity index is 497. The highest BCUT2D eigenvalue weighted by atomic mass is 16.5. The molecule has 3 rings (SSSR count). The predicted molar refractivity (Wildman–Crippen MR) is 87.1 cm³/mol. The molecule has 0 spiro atoms. The average Bonchev–Trinajstić information content (AvgIpc) is 2.90. The third kappa shape index (κ3) is 3.72. The molecule has 2 heterocycles. The first-order valence-corrected chi connectivity index (χ1v) is 8.78. The maximum Gasteiger partial charge on any atom is 0.253 e. The number of nitrogens with zero attached hydrogens (tertiary/aromatic N) is 1. The Morgan fingerprint density at radius 1 is 1.23 bits per heavy atom. The zero-order valence-electron chi connectivity index (χ0n) is 13.6. The van der Waals surface area contributed by atoms with E-state index in [4.69, 9.17) is 4.74 Å². The molecule has 2 aliphatic rings. The van der Waals surface area contributed by atoms with Crippen LogP contribution >= 0.6 is 0 Å². The molecular weight excluding hydrogens is 276 g/mol. The molecule has 0 unspecified atom stereocenters. The molecule has 4 nitrogen and oxygen atoms in total. The van der Waals surface area contributed by atoms with Crippen LogP contribution in [0.5, 0.6) is 0 Å². The van der Waals surface area contributed by atoms with Gasteiger partial charge in [-0.3, -0.25) is 4.79 Å². The standard InChI is InChI=1S/C18H28N2O2/c1-14-17(18(21)19-16-8-11-22-12-9-16)7-10-20(14)13-15-5-3-2-4-6-15/h7,10,15-16H,2-6,8-9,11-13H2,1H3,(H,19,21). The number of carbonyl (C=O) groups excluding carboxylic acids is 1. The van der Waals surface area contributed by atoms with Crippen LogP contribution in [0.2, 0.25) is 0 Å². The smallest absolute Gasteiger partial charge is 0.253 e. The van der Waals surface area contributed by atoms with Gasteiger partial charge in [0.25, 0.3) is 5.91 Å². The zero-order valence-corrected chi connectivity index (χ0v) is 13.6. The van der Waals surface area contributed by atoms with Gasteiger partial charge in [-0.25, -0.2) is 0 Å². The number of rotatable bonds is 4. The van der Waals surface area contributed by atoms with Crippen molar-refractivity contribution >= 4 is 5.91 Å². The summed E-state index contributed by atoms with van der Waals surface area (Å²) in [5, 5.41) is 3.16. The molecule has 1 amide bonds. The van der Waals surface area contributed by atoms with Gasteiger partial charge in [0.2, 0.25) is 0 Å². The van der Waals surface area contributed by atoms with Gasteiger partial charge in [-0.05, 0) is 44.6 Å². The van der Waals surface area contributed by atoms with Crippen LogP contribution in [0.4, 0.5) is 0 Å². The fourth-order valence-corrected chi connectivity index (χ4v) is 3.74. The van der Waals surface area contributed by atoms with Gasteiger partial charge in [-0.15, -0.1) is 0 Å². The summed E-state index contributed by atoms with van der Waals surface area (Å²) < 4.78 is 7.62. The lowest BCUT2D eigenvalue weighted by Gasteiger charge is -2.24. The third-order valence-electron chi connectivity index (χ3n) is 5.22. The highest BCUT2D eigenvalue weighted by Crippen LogP contribution is 2.26. The topological polar surface area (TPSA) is 43.3 Å². The first kappa shape index (κ1) is 15.6. The number of amides is 1. The van der Waals surface area contributed by atoms with Crippen molar-refractivity contribution in [2.75, 3.05) is 13.2 Å². The van der Waals surface area contributed by atoms with Crippen molar-refractivity contribution in [3.63, 3.8) is 0 Å². The van der Waals surface area contributed by atoms with Gasteiger partial charge in [0.15, 0.2) is 0 Å². The van der Waals surface area contributed by atoms with E-state index in [1.165, 1.54) is 32.1 Å². The SMILES string of the molecule is Cc1c(C(=O)NC2CCOCC2)ccn1CC1CCCCC1. The number of hydrogen-bond donors (Lipinski definition) is 1. The highest BCUT2D eigenvalue weighted by Gasteiger charge is 2.20. The van der Waals surface area contributed by atoms with E-state index in [1.807, 2.05) is 6.07 Å². The molecule has 0 aromatic carbocycles. The van der Waals surface area contributed by atoms with Crippen LogP contribution in [0.3, 0.4) is 0 Å². The van der Waals surface area contributed by atoms with Crippen molar-refractivity contribution in [2.45, 2.75) is 64.5 Å². The Morgan fingerprint density at radius 2 is 1.95 bits per heavy atom. The molecule has 4 heteroatoms. The van der Waals surface area contributed by atoms with Crippen LogP contribution in [0, 0.1) is 12.8 Å². The number of aromatic nitrogens is 1. The predicted octanol–water partition coefficient (Wildman–Crippen LogP) is 3.29. The molecule has 1 N–H and O–H groups in total. The molecule has 22 heavy (non-hydrogen) atoms. The number of ether oxygens (including phenoxy) is 1. The Hall–Kier alpha value is -1.29. The summed E-state index contributed by atoms with van der Waals surface area (Å²) in [6.07, 6.45) is 10.7. The van der Waals surface area contributed by atoms with E-state index in [2.05, 4.69) is 23.0 Å². The summed E-state index contributed by atoms with van der Waals surface area (Å²) in [5.74, 6) is 0.859. The van der Waals surface area contributed by atoms with Gasteiger partial charge in [0, 0.05) is 37.7 Å². The lowest BCUT2D eigenvalue weighted by molar-refractivity contribution is 0.0696. The fraction of sp³-hybridized carbons (Fsp3) is 0.722. The van der Waals surface area contributed by atoms with Crippen LogP contribution in [-0.4, -0.2) is 29.7 Å². The Kier molecular flexibility index (Phi) is 5.19. The van der Waals surface area contributed by atoms with Gasteiger partial charge in [0.1, 0.15) is 0 Å². The largest absolute Gasteiger partial charge is 0.381 e. The normalized spacial score (nSPS) is 21.0. The summed E-state index contributed by atoms with van der Waals surface area (Å²) in [7, 11) is 0. The number of hydrogen-bond acceptors (Lipinski definition) is 2. The van der Waals surface area contributed by atoms with Gasteiger partial charge in [-0.2, -0.15) is 0 Å². The second-order valence-corrected chi connectivity index (χ2v) is 6.83. The molecule has 122 valence electrons. The summed E-state index contributed by atoms with van der Waals surface area (Å²) in [4.78, 5) is 12.5. The van der Waals surface area contributed by atoms with Gasteiger partial charge in [0.05, 0.1) is 5.56 Å². The molecule has 1 saturated carbocycles. The second-order valence-electron chi connectivity index (χ2n) is 6.83. The van der Waals surface area contributed by atoms with Crippen molar-refractivity contribution in [2.24, 2.45) is 5.92 Å². The maximum atomic E-state index is 12.5. The number of nitrogens with one attached hydrogen (secondary N) is 1. The van der Waals surface area contributed by atoms with E-state index < -0.39 is 0 Å². The minimum absolute atomic E-state index is 0.0757. The van der Waals surface area contributed by atoms with Crippen molar-refractivity contribution < 1.29 is 9.53 Å². The van der Waals surface area contributed by atoms with E-state index in [9.17, 15) is 4.79 Å². The molecule has 1 aliphatic heterocycles. The number of carbonyl (C=O) groups is 1. The molecule has 0 atom stereocenters. The Labute approximate surface area is 133 Å². The van der Waals surface area contributed by atoms with Crippen molar-refractivity contribution in [3.05, 3.63) is 23.5 Å². The van der Waals surface area contributed by atoms with Crippen LogP contribution in [0.1, 0.15) is 61.0 Å². The Balaban J connectivity index is 1.60. The lowest BCUT2D eigenvalue weighted by atomic mass is 9.89. The van der Waals surface area contributed by atoms with Crippen molar-refractivity contribution in [3.8, 4) is 0 Å². The molecule has 2 fully saturated rings. The van der Waals surface area contributed by atoms with Crippen LogP contribution in [0.15, 0.2) is 12.3 Å². The summed E-state index contributed by atoms with van der Waals surface area (Å²) in [5.41, 5.74) is 1.94. The van der Waals surface area contributed by atoms with Crippen molar-refractivity contribution in [1.82, 2.24) is 9.88 Å². The molecule has 1 saturated heterocycles. The van der Waals surface area contributed by atoms with E-state index in [0.29, 0.717) is 0 Å². The molecular formula is C18H28N2O2. The van der Waals surface area contributed by atoms with E-state index >= 15 is 0 Å². The summed E-state index contributed by atoms with van der Waals surface area (Å²) in [6.45, 7) is 4.65. The van der Waals surface area contributed by atoms with Gasteiger partial charge < -0.3 is 14.6 Å². The van der Waals surface area contributed by atoms with E-state index in [0.717, 1.165) is 49.8 Å². The van der Waals surface area contributed by atoms with E-state index in [-0.39, 0.29) is 11.9 Å². The molecule has 0 bridgehead atoms. The first-order valence-electron chi connectivity index (χ1n) is 8.78. The quantitative estimate of drug-likeness (QED) is 0.927. The van der Waals surface area contributed by atoms with Crippen LogP contribution < -0.4 is 5.32 Å². The molecule has 1 aromatic rings. The van der Waals surface area contributed by atoms with Crippen molar-refractivity contribution in [1.29, 1.82) is 0 Å². The fourth-order valence-electron chi connectivity index (χ4n) is 3.74. The summed E-state index contributed by atoms with van der Waals surface area (Å²) >= 11 is 0. The molecule has 1 aromatic heterocycles. The van der Waals surface area contributed by atoms with Crippen LogP contribution in [-0.2, 0) is 11.3 Å². The Morgan fingerprint density at radius 3 is 2.68 bits per heavy atom. The van der Waals surface area contributed by atoms with Gasteiger partial charge in [-0.1, -0.05) is 19.3 Å². The van der Waals surface area contributed by atoms with Gasteiger partial charge >= 0.3 is 0 Å². The third-order valence-corrected chi connectivity index (χ3v) is 5.22. The monoisotopic (exact) mass is 304 g/mol. The second kappa shape index (κ2) is 7.32. The molecule has 1 aliphatic carbocycles. The highest BCUT2D eigenvalue weighted by molar-refractivity contribution is 5.95. The minimum atomic E-state index is 0.0757.